The summed E-state index contributed by atoms with van der Waals surface area (Å²) in [6, 6.07) is 12.7. The molecule has 2 aromatic carbocycles. The fourth-order valence-corrected chi connectivity index (χ4v) is 4.59. The Morgan fingerprint density at radius 1 is 0.969 bits per heavy atom. The van der Waals surface area contributed by atoms with Gasteiger partial charge in [-0.15, -0.1) is 34.4 Å². The van der Waals surface area contributed by atoms with Crippen molar-refractivity contribution in [3.63, 3.8) is 0 Å². The molecule has 2 N–H and O–H groups in total. The van der Waals surface area contributed by atoms with Gasteiger partial charge in [0.15, 0.2) is 0 Å². The molecule has 3 aromatic rings. The van der Waals surface area contributed by atoms with Crippen LogP contribution >= 0.6 is 0 Å². The van der Waals surface area contributed by atoms with Crippen molar-refractivity contribution in [1.29, 1.82) is 0 Å². The van der Waals surface area contributed by atoms with Gasteiger partial charge in [-0.2, -0.15) is 0 Å². The number of hydrogen-bond acceptors (Lipinski definition) is 3. The van der Waals surface area contributed by atoms with Gasteiger partial charge in [0.1, 0.15) is 0 Å². The molecular formula is C28H36IrNO2-. The van der Waals surface area contributed by atoms with Crippen LogP contribution in [0.1, 0.15) is 61.9 Å². The van der Waals surface area contributed by atoms with E-state index in [1.54, 1.807) is 13.8 Å². The van der Waals surface area contributed by atoms with E-state index in [2.05, 4.69) is 64.2 Å². The number of hydrogen-bond donors (Lipinski definition) is 2. The summed E-state index contributed by atoms with van der Waals surface area (Å²) in [4.78, 5) is 4.86. The van der Waals surface area contributed by atoms with Gasteiger partial charge in [0.05, 0.1) is 12.2 Å². The number of aryl methyl sites for hydroxylation is 3. The van der Waals surface area contributed by atoms with Crippen LogP contribution in [0.15, 0.2) is 30.5 Å². The van der Waals surface area contributed by atoms with E-state index >= 15 is 0 Å². The summed E-state index contributed by atoms with van der Waals surface area (Å²) in [5.41, 5.74) is 9.19. The molecule has 0 spiro atoms. The zero-order valence-electron chi connectivity index (χ0n) is 20.1. The van der Waals surface area contributed by atoms with Crippen molar-refractivity contribution in [3.8, 4) is 11.3 Å². The Bertz CT molecular complexity index is 1050. The Morgan fingerprint density at radius 2 is 1.62 bits per heavy atom. The number of aliphatic hydroxyl groups excluding tert-OH is 2. The molecule has 0 fully saturated rings. The molecule has 0 saturated heterocycles. The average Bonchev–Trinajstić information content (AvgIpc) is 2.66. The average molecular weight is 611 g/mol. The molecule has 175 valence electrons. The van der Waals surface area contributed by atoms with Crippen LogP contribution < -0.4 is 0 Å². The van der Waals surface area contributed by atoms with Crippen molar-refractivity contribution in [2.75, 3.05) is 0 Å². The van der Waals surface area contributed by atoms with Crippen molar-refractivity contribution in [3.05, 3.63) is 64.3 Å². The SMILES string of the molecule is CC(O)CC(C)O.Cc1[c-]c2c(c(C)c1)CCc1c-2ncc2cc(CC(C)C)ccc12.[Ir]. The van der Waals surface area contributed by atoms with Gasteiger partial charge in [-0.25, -0.2) is 0 Å². The molecule has 1 aliphatic carbocycles. The maximum Gasteiger partial charge on any atom is 0.0536 e. The van der Waals surface area contributed by atoms with Gasteiger partial charge in [-0.1, -0.05) is 51.8 Å². The van der Waals surface area contributed by atoms with E-state index in [-0.39, 0.29) is 32.3 Å². The Morgan fingerprint density at radius 3 is 2.22 bits per heavy atom. The van der Waals surface area contributed by atoms with Gasteiger partial charge in [-0.05, 0) is 67.1 Å². The van der Waals surface area contributed by atoms with Gasteiger partial charge in [0, 0.05) is 26.3 Å². The van der Waals surface area contributed by atoms with E-state index in [1.807, 2.05) is 0 Å². The Kier molecular flexibility index (Phi) is 9.60. The monoisotopic (exact) mass is 611 g/mol. The second-order valence-corrected chi connectivity index (χ2v) is 9.53. The zero-order chi connectivity index (χ0) is 22.7. The Labute approximate surface area is 206 Å². The van der Waals surface area contributed by atoms with E-state index in [1.165, 1.54) is 44.2 Å². The number of nitrogens with zero attached hydrogens (tertiary/aromatic N) is 1. The molecule has 0 saturated carbocycles. The van der Waals surface area contributed by atoms with Crippen molar-refractivity contribution in [2.45, 2.75) is 79.4 Å². The maximum absolute atomic E-state index is 8.56. The first-order chi connectivity index (χ1) is 14.7. The molecule has 1 radical (unpaired) electrons. The molecule has 4 heteroatoms. The molecule has 32 heavy (non-hydrogen) atoms. The van der Waals surface area contributed by atoms with E-state index < -0.39 is 0 Å². The third-order valence-electron chi connectivity index (χ3n) is 5.78. The predicted molar refractivity (Wildman–Crippen MR) is 129 cm³/mol. The van der Waals surface area contributed by atoms with E-state index in [0.29, 0.717) is 12.3 Å². The van der Waals surface area contributed by atoms with Gasteiger partial charge in [0.2, 0.25) is 0 Å². The van der Waals surface area contributed by atoms with Crippen LogP contribution in [0.2, 0.25) is 0 Å². The van der Waals surface area contributed by atoms with Crippen LogP contribution in [0.25, 0.3) is 22.0 Å². The zero-order valence-corrected chi connectivity index (χ0v) is 22.5. The minimum Gasteiger partial charge on any atom is -0.393 e. The molecule has 1 heterocycles. The molecule has 3 nitrogen and oxygen atoms in total. The number of rotatable bonds is 4. The van der Waals surface area contributed by atoms with Crippen LogP contribution in [-0.4, -0.2) is 27.4 Å². The predicted octanol–water partition coefficient (Wildman–Crippen LogP) is 5.75. The summed E-state index contributed by atoms with van der Waals surface area (Å²) in [5.74, 6) is 0.681. The molecule has 0 aliphatic heterocycles. The summed E-state index contributed by atoms with van der Waals surface area (Å²) in [6.07, 6.45) is 5.08. The summed E-state index contributed by atoms with van der Waals surface area (Å²) in [7, 11) is 0. The van der Waals surface area contributed by atoms with Gasteiger partial charge in [0.25, 0.3) is 0 Å². The number of fused-ring (bicyclic) bond motifs is 5. The van der Waals surface area contributed by atoms with Crippen LogP contribution in [0.4, 0.5) is 0 Å². The molecular weight excluding hydrogens is 575 g/mol. The van der Waals surface area contributed by atoms with Crippen LogP contribution in [0.3, 0.4) is 0 Å². The summed E-state index contributed by atoms with van der Waals surface area (Å²) < 4.78 is 0. The quantitative estimate of drug-likeness (QED) is 0.370. The standard InChI is InChI=1S/C23H24N.C5H12O2.Ir/c1-14(2)9-17-5-6-20-18(12-17)13-24-23-21(20)8-7-19-16(4)10-15(3)11-22(19)23;1-4(6)3-5(2)7;/h5-6,10,12-14H,7-9H2,1-4H3;4-7H,3H2,1-2H3;/q-1;;. The van der Waals surface area contributed by atoms with Gasteiger partial charge in [-0.3, -0.25) is 0 Å². The minimum absolute atomic E-state index is 0. The van der Waals surface area contributed by atoms with Crippen LogP contribution in [0, 0.1) is 25.8 Å². The topological polar surface area (TPSA) is 53.4 Å². The normalized spacial score (nSPS) is 14.0. The smallest absolute Gasteiger partial charge is 0.0536 e. The van der Waals surface area contributed by atoms with E-state index in [0.717, 1.165) is 25.0 Å². The third kappa shape index (κ3) is 6.48. The molecule has 0 bridgehead atoms. The van der Waals surface area contributed by atoms with Crippen molar-refractivity contribution in [2.24, 2.45) is 5.92 Å². The molecule has 2 atom stereocenters. The third-order valence-corrected chi connectivity index (χ3v) is 5.78. The molecule has 1 aromatic heterocycles. The molecule has 0 amide bonds. The van der Waals surface area contributed by atoms with Crippen LogP contribution in [0.5, 0.6) is 0 Å². The second-order valence-electron chi connectivity index (χ2n) is 9.53. The number of benzene rings is 2. The van der Waals surface area contributed by atoms with Crippen LogP contribution in [-0.2, 0) is 39.4 Å². The van der Waals surface area contributed by atoms with Gasteiger partial charge < -0.3 is 15.2 Å². The van der Waals surface area contributed by atoms with Gasteiger partial charge >= 0.3 is 0 Å². The number of pyridine rings is 1. The largest absolute Gasteiger partial charge is 0.393 e. The Balaban J connectivity index is 0.000000398. The molecule has 2 unspecified atom stereocenters. The van der Waals surface area contributed by atoms with Crippen molar-refractivity contribution < 1.29 is 30.3 Å². The Hall–Kier alpha value is -1.58. The second kappa shape index (κ2) is 11.5. The maximum atomic E-state index is 8.56. The number of aromatic nitrogens is 1. The van der Waals surface area contributed by atoms with E-state index in [4.69, 9.17) is 15.2 Å². The first-order valence-electron chi connectivity index (χ1n) is 11.4. The summed E-state index contributed by atoms with van der Waals surface area (Å²) in [5, 5.41) is 19.8. The van der Waals surface area contributed by atoms with Crippen molar-refractivity contribution >= 4 is 10.8 Å². The van der Waals surface area contributed by atoms with E-state index in [9.17, 15) is 0 Å². The fraction of sp³-hybridized carbons (Fsp3) is 0.464. The number of aliphatic hydroxyl groups is 2. The minimum atomic E-state index is -0.375. The first-order valence-corrected chi connectivity index (χ1v) is 11.4. The van der Waals surface area contributed by atoms with Crippen molar-refractivity contribution in [1.82, 2.24) is 4.98 Å². The molecule has 1 aliphatic rings. The first kappa shape index (κ1) is 26.7. The fourth-order valence-electron chi connectivity index (χ4n) is 4.59. The summed E-state index contributed by atoms with van der Waals surface area (Å²) >= 11 is 0. The molecule has 4 rings (SSSR count). The summed E-state index contributed by atoms with van der Waals surface area (Å²) in [6.45, 7) is 12.2.